The lowest BCUT2D eigenvalue weighted by atomic mass is 10.0. The van der Waals surface area contributed by atoms with Gasteiger partial charge in [-0.05, 0) is 54.3 Å². The molecule has 0 radical (unpaired) electrons. The summed E-state index contributed by atoms with van der Waals surface area (Å²) < 4.78 is 0. The third-order valence-electron chi connectivity index (χ3n) is 4.59. The first kappa shape index (κ1) is 20.0. The Labute approximate surface area is 168 Å². The second-order valence-electron chi connectivity index (χ2n) is 6.84. The van der Waals surface area contributed by atoms with E-state index >= 15 is 0 Å². The summed E-state index contributed by atoms with van der Waals surface area (Å²) in [7, 11) is 0. The number of carbonyl (C=O) groups excluding carboxylic acids is 2. The third-order valence-corrected chi connectivity index (χ3v) is 4.82. The van der Waals surface area contributed by atoms with Crippen LogP contribution in [0.3, 0.4) is 0 Å². The molecule has 1 aliphatic rings. The summed E-state index contributed by atoms with van der Waals surface area (Å²) in [6.45, 7) is 4.96. The van der Waals surface area contributed by atoms with Crippen LogP contribution < -0.4 is 5.32 Å². The van der Waals surface area contributed by atoms with Crippen LogP contribution in [0.4, 0.5) is 0 Å². The first-order valence-electron chi connectivity index (χ1n) is 9.17. The molecular formula is C19H23ClN6O2. The second-order valence-corrected chi connectivity index (χ2v) is 7.28. The Morgan fingerprint density at radius 1 is 1.32 bits per heavy atom. The number of rotatable bonds is 5. The van der Waals surface area contributed by atoms with Crippen LogP contribution in [0.1, 0.15) is 36.7 Å². The average molecular weight is 403 g/mol. The van der Waals surface area contributed by atoms with E-state index in [0.717, 1.165) is 24.0 Å². The zero-order chi connectivity index (χ0) is 20.1. The van der Waals surface area contributed by atoms with E-state index in [0.29, 0.717) is 30.5 Å². The van der Waals surface area contributed by atoms with E-state index in [4.69, 9.17) is 11.6 Å². The van der Waals surface area contributed by atoms with Crippen molar-refractivity contribution in [2.75, 3.05) is 13.1 Å². The van der Waals surface area contributed by atoms with Crippen LogP contribution in [0.25, 0.3) is 6.08 Å². The molecule has 2 aromatic rings. The molecule has 2 amide bonds. The summed E-state index contributed by atoms with van der Waals surface area (Å²) in [5.74, 6) is 0.519. The lowest BCUT2D eigenvalue weighted by Crippen LogP contribution is -2.45. The van der Waals surface area contributed by atoms with Crippen molar-refractivity contribution in [1.29, 1.82) is 0 Å². The average Bonchev–Trinajstić information content (AvgIpc) is 3.06. The number of benzene rings is 1. The number of carbonyl (C=O) groups is 2. The minimum atomic E-state index is -0.0445. The van der Waals surface area contributed by atoms with Crippen molar-refractivity contribution in [2.24, 2.45) is 0 Å². The number of tetrazole rings is 1. The van der Waals surface area contributed by atoms with E-state index in [9.17, 15) is 9.59 Å². The first-order chi connectivity index (χ1) is 13.4. The number of hydrogen-bond acceptors (Lipinski definition) is 5. The molecule has 148 valence electrons. The Morgan fingerprint density at radius 3 is 2.71 bits per heavy atom. The molecule has 0 atom stereocenters. The Bertz CT molecular complexity index is 886. The van der Waals surface area contributed by atoms with Gasteiger partial charge in [-0.15, -0.1) is 10.2 Å². The van der Waals surface area contributed by atoms with Crippen LogP contribution in [-0.4, -0.2) is 56.1 Å². The largest absolute Gasteiger partial charge is 0.353 e. The number of aromatic nitrogens is 4. The fraction of sp³-hybridized carbons (Fsp3) is 0.421. The standard InChI is InChI=1S/C19H23ClN6O2/c1-13-22-24-26(23-13)12-16-11-17(20)5-3-15(16)4-6-19(28)25-9-7-18(8-10-25)21-14(2)27/h3-6,11,18H,7-10,12H2,1-2H3,(H,21,27)/b6-4+. The monoisotopic (exact) mass is 402 g/mol. The van der Waals surface area contributed by atoms with E-state index < -0.39 is 0 Å². The number of likely N-dealkylation sites (tertiary alicyclic amines) is 1. The summed E-state index contributed by atoms with van der Waals surface area (Å²) in [6, 6.07) is 5.64. The molecule has 1 N–H and O–H groups in total. The zero-order valence-electron chi connectivity index (χ0n) is 15.9. The van der Waals surface area contributed by atoms with Crippen LogP contribution in [-0.2, 0) is 16.1 Å². The molecule has 0 bridgehead atoms. The first-order valence-corrected chi connectivity index (χ1v) is 9.55. The van der Waals surface area contributed by atoms with Gasteiger partial charge in [0, 0.05) is 37.2 Å². The fourth-order valence-electron chi connectivity index (χ4n) is 3.21. The van der Waals surface area contributed by atoms with E-state index in [2.05, 4.69) is 20.7 Å². The molecule has 0 spiro atoms. The zero-order valence-corrected chi connectivity index (χ0v) is 16.7. The topological polar surface area (TPSA) is 93.0 Å². The van der Waals surface area contributed by atoms with E-state index in [-0.39, 0.29) is 17.9 Å². The van der Waals surface area contributed by atoms with Gasteiger partial charge in [0.2, 0.25) is 11.8 Å². The van der Waals surface area contributed by atoms with Gasteiger partial charge in [0.25, 0.3) is 0 Å². The SMILES string of the molecule is CC(=O)NC1CCN(C(=O)/C=C/c2ccc(Cl)cc2Cn2nnc(C)n2)CC1. The van der Waals surface area contributed by atoms with Gasteiger partial charge in [0.05, 0.1) is 6.54 Å². The molecule has 1 aromatic heterocycles. The van der Waals surface area contributed by atoms with Crippen molar-refractivity contribution in [3.63, 3.8) is 0 Å². The van der Waals surface area contributed by atoms with Crippen LogP contribution in [0.15, 0.2) is 24.3 Å². The molecule has 28 heavy (non-hydrogen) atoms. The van der Waals surface area contributed by atoms with E-state index in [1.165, 1.54) is 11.7 Å². The van der Waals surface area contributed by atoms with Crippen molar-refractivity contribution in [1.82, 2.24) is 30.4 Å². The molecular weight excluding hydrogens is 380 g/mol. The lowest BCUT2D eigenvalue weighted by molar-refractivity contribution is -0.127. The molecule has 0 unspecified atom stereocenters. The molecule has 8 nitrogen and oxygen atoms in total. The lowest BCUT2D eigenvalue weighted by Gasteiger charge is -2.31. The number of nitrogens with zero attached hydrogens (tertiary/aromatic N) is 5. The minimum Gasteiger partial charge on any atom is -0.353 e. The fourth-order valence-corrected chi connectivity index (χ4v) is 3.41. The van der Waals surface area contributed by atoms with Gasteiger partial charge in [-0.25, -0.2) is 0 Å². The molecule has 1 aliphatic heterocycles. The van der Waals surface area contributed by atoms with Gasteiger partial charge < -0.3 is 10.2 Å². The Kier molecular flexibility index (Phi) is 6.41. The highest BCUT2D eigenvalue weighted by molar-refractivity contribution is 6.30. The number of hydrogen-bond donors (Lipinski definition) is 1. The molecule has 1 aromatic carbocycles. The van der Waals surface area contributed by atoms with Gasteiger partial charge in [-0.2, -0.15) is 4.80 Å². The molecule has 9 heteroatoms. The predicted octanol–water partition coefficient (Wildman–Crippen LogP) is 1.82. The van der Waals surface area contributed by atoms with Crippen LogP contribution >= 0.6 is 11.6 Å². The van der Waals surface area contributed by atoms with Crippen molar-refractivity contribution in [3.05, 3.63) is 46.2 Å². The number of amides is 2. The van der Waals surface area contributed by atoms with Gasteiger partial charge in [-0.1, -0.05) is 17.7 Å². The molecule has 2 heterocycles. The smallest absolute Gasteiger partial charge is 0.246 e. The summed E-state index contributed by atoms with van der Waals surface area (Å²) in [5, 5.41) is 15.6. The Hall–Kier alpha value is -2.74. The van der Waals surface area contributed by atoms with Crippen LogP contribution in [0.2, 0.25) is 5.02 Å². The van der Waals surface area contributed by atoms with E-state index in [1.54, 1.807) is 30.0 Å². The Balaban J connectivity index is 1.65. The van der Waals surface area contributed by atoms with Crippen LogP contribution in [0, 0.1) is 6.92 Å². The number of nitrogens with one attached hydrogen (secondary N) is 1. The summed E-state index contributed by atoms with van der Waals surface area (Å²) in [4.78, 5) is 27.0. The molecule has 0 saturated carbocycles. The van der Waals surface area contributed by atoms with Gasteiger partial charge in [0.1, 0.15) is 0 Å². The molecule has 1 saturated heterocycles. The van der Waals surface area contributed by atoms with Crippen molar-refractivity contribution < 1.29 is 9.59 Å². The maximum atomic E-state index is 12.5. The molecule has 3 rings (SSSR count). The number of piperidine rings is 1. The maximum Gasteiger partial charge on any atom is 0.246 e. The van der Waals surface area contributed by atoms with Gasteiger partial charge in [0.15, 0.2) is 5.82 Å². The quantitative estimate of drug-likeness (QED) is 0.770. The summed E-state index contributed by atoms with van der Waals surface area (Å²) in [5.41, 5.74) is 1.78. The molecule has 0 aliphatic carbocycles. The number of halogens is 1. The minimum absolute atomic E-state index is 0.0306. The predicted molar refractivity (Wildman–Crippen MR) is 106 cm³/mol. The molecule has 1 fully saturated rings. The Morgan fingerprint density at radius 2 is 2.07 bits per heavy atom. The highest BCUT2D eigenvalue weighted by Crippen LogP contribution is 2.19. The normalized spacial score (nSPS) is 15.2. The van der Waals surface area contributed by atoms with Gasteiger partial charge in [-0.3, -0.25) is 9.59 Å². The highest BCUT2D eigenvalue weighted by atomic mass is 35.5. The summed E-state index contributed by atoms with van der Waals surface area (Å²) >= 11 is 6.13. The third kappa shape index (κ3) is 5.39. The van der Waals surface area contributed by atoms with E-state index in [1.807, 2.05) is 12.1 Å². The highest BCUT2D eigenvalue weighted by Gasteiger charge is 2.21. The van der Waals surface area contributed by atoms with Crippen molar-refractivity contribution in [2.45, 2.75) is 39.3 Å². The number of aryl methyl sites for hydroxylation is 1. The summed E-state index contributed by atoms with van der Waals surface area (Å²) in [6.07, 6.45) is 4.90. The van der Waals surface area contributed by atoms with Gasteiger partial charge >= 0.3 is 0 Å². The second kappa shape index (κ2) is 8.97. The van der Waals surface area contributed by atoms with Crippen molar-refractivity contribution >= 4 is 29.5 Å². The van der Waals surface area contributed by atoms with Crippen molar-refractivity contribution in [3.8, 4) is 0 Å². The van der Waals surface area contributed by atoms with Crippen LogP contribution in [0.5, 0.6) is 0 Å². The maximum absolute atomic E-state index is 12.5.